The van der Waals surface area contributed by atoms with E-state index >= 15 is 0 Å². The number of anilines is 1. The Morgan fingerprint density at radius 2 is 2.00 bits per heavy atom. The maximum atomic E-state index is 9.91. The number of fused-ring (bicyclic) bond motifs is 1. The number of aromatic nitrogens is 2. The van der Waals surface area contributed by atoms with Crippen molar-refractivity contribution in [3.63, 3.8) is 0 Å². The molecule has 26 heavy (non-hydrogen) atoms. The van der Waals surface area contributed by atoms with Gasteiger partial charge in [-0.05, 0) is 12.0 Å². The van der Waals surface area contributed by atoms with Gasteiger partial charge in [-0.3, -0.25) is 4.90 Å². The quantitative estimate of drug-likeness (QED) is 0.826. The SMILES string of the molecule is OC[C@]12CCOC[C@H]1CN(Cc1cnc(NCc3ccccc3)nc1)C2. The topological polar surface area (TPSA) is 70.5 Å². The zero-order valence-electron chi connectivity index (χ0n) is 15.0. The summed E-state index contributed by atoms with van der Waals surface area (Å²) in [5.41, 5.74) is 2.32. The van der Waals surface area contributed by atoms with E-state index in [1.54, 1.807) is 0 Å². The number of nitrogens with one attached hydrogen (secondary N) is 1. The lowest BCUT2D eigenvalue weighted by atomic mass is 9.75. The van der Waals surface area contributed by atoms with Crippen LogP contribution in [0.1, 0.15) is 17.5 Å². The van der Waals surface area contributed by atoms with Crippen molar-refractivity contribution < 1.29 is 9.84 Å². The number of ether oxygens (including phenoxy) is 1. The van der Waals surface area contributed by atoms with Gasteiger partial charge in [-0.15, -0.1) is 0 Å². The van der Waals surface area contributed by atoms with Gasteiger partial charge in [-0.1, -0.05) is 30.3 Å². The number of aliphatic hydroxyl groups excluding tert-OH is 1. The van der Waals surface area contributed by atoms with Crippen LogP contribution in [0, 0.1) is 11.3 Å². The summed E-state index contributed by atoms with van der Waals surface area (Å²) >= 11 is 0. The van der Waals surface area contributed by atoms with Crippen molar-refractivity contribution in [2.45, 2.75) is 19.5 Å². The van der Waals surface area contributed by atoms with E-state index in [0.717, 1.165) is 44.8 Å². The molecule has 0 spiro atoms. The lowest BCUT2D eigenvalue weighted by Gasteiger charge is -2.36. The number of hydrogen-bond acceptors (Lipinski definition) is 6. The maximum absolute atomic E-state index is 9.91. The lowest BCUT2D eigenvalue weighted by molar-refractivity contribution is -0.0417. The third kappa shape index (κ3) is 3.72. The fourth-order valence-corrected chi connectivity index (χ4v) is 4.10. The second kappa shape index (κ2) is 7.70. The first-order valence-electron chi connectivity index (χ1n) is 9.27. The molecule has 2 aromatic rings. The molecule has 1 aromatic heterocycles. The highest BCUT2D eigenvalue weighted by molar-refractivity contribution is 5.28. The Morgan fingerprint density at radius 1 is 1.19 bits per heavy atom. The van der Waals surface area contributed by atoms with Gasteiger partial charge in [0.2, 0.25) is 5.95 Å². The van der Waals surface area contributed by atoms with E-state index in [2.05, 4.69) is 32.3 Å². The predicted octanol–water partition coefficient (Wildman–Crippen LogP) is 1.92. The molecule has 1 aromatic carbocycles. The van der Waals surface area contributed by atoms with Crippen molar-refractivity contribution in [2.24, 2.45) is 11.3 Å². The molecule has 6 heteroatoms. The first-order valence-corrected chi connectivity index (χ1v) is 9.27. The number of nitrogens with zero attached hydrogens (tertiary/aromatic N) is 3. The fourth-order valence-electron chi connectivity index (χ4n) is 4.10. The van der Waals surface area contributed by atoms with Crippen molar-refractivity contribution in [3.05, 3.63) is 53.9 Å². The zero-order chi connectivity index (χ0) is 17.8. The van der Waals surface area contributed by atoms with E-state index in [-0.39, 0.29) is 12.0 Å². The van der Waals surface area contributed by atoms with Crippen LogP contribution in [-0.4, -0.2) is 52.9 Å². The summed E-state index contributed by atoms with van der Waals surface area (Å²) in [5, 5.41) is 13.2. The molecule has 2 aliphatic heterocycles. The van der Waals surface area contributed by atoms with E-state index in [1.807, 2.05) is 30.6 Å². The minimum atomic E-state index is 0.0102. The predicted molar refractivity (Wildman–Crippen MR) is 99.5 cm³/mol. The average molecular weight is 354 g/mol. The van der Waals surface area contributed by atoms with Crippen LogP contribution >= 0.6 is 0 Å². The molecular formula is C20H26N4O2. The van der Waals surface area contributed by atoms with Crippen molar-refractivity contribution in [3.8, 4) is 0 Å². The Labute approximate surface area is 154 Å². The van der Waals surface area contributed by atoms with Crippen molar-refractivity contribution in [2.75, 3.05) is 38.2 Å². The maximum Gasteiger partial charge on any atom is 0.222 e. The lowest BCUT2D eigenvalue weighted by Crippen LogP contribution is -2.41. The van der Waals surface area contributed by atoms with Gasteiger partial charge in [0.1, 0.15) is 0 Å². The highest BCUT2D eigenvalue weighted by atomic mass is 16.5. The molecule has 0 saturated carbocycles. The highest BCUT2D eigenvalue weighted by Gasteiger charge is 2.47. The number of benzene rings is 1. The zero-order valence-corrected chi connectivity index (χ0v) is 15.0. The molecule has 0 bridgehead atoms. The molecule has 138 valence electrons. The smallest absolute Gasteiger partial charge is 0.222 e. The summed E-state index contributed by atoms with van der Waals surface area (Å²) < 4.78 is 5.62. The standard InChI is InChI=1S/C20H26N4O2/c25-15-20-6-7-26-13-18(20)12-24(14-20)11-17-9-22-19(23-10-17)21-8-16-4-2-1-3-5-16/h1-5,9-10,18,25H,6-8,11-15H2,(H,21,22,23)/t18-,20-/m1/s1. The van der Waals surface area contributed by atoms with Crippen LogP contribution in [0.25, 0.3) is 0 Å². The van der Waals surface area contributed by atoms with Gasteiger partial charge in [-0.25, -0.2) is 9.97 Å². The Kier molecular flexibility index (Phi) is 5.15. The highest BCUT2D eigenvalue weighted by Crippen LogP contribution is 2.42. The Hall–Kier alpha value is -2.02. The fraction of sp³-hybridized carbons (Fsp3) is 0.500. The molecule has 2 fully saturated rings. The van der Waals surface area contributed by atoms with Crippen LogP contribution < -0.4 is 5.32 Å². The molecule has 6 nitrogen and oxygen atoms in total. The molecule has 3 heterocycles. The van der Waals surface area contributed by atoms with E-state index in [4.69, 9.17) is 4.74 Å². The molecule has 0 unspecified atom stereocenters. The van der Waals surface area contributed by atoms with E-state index < -0.39 is 0 Å². The first-order chi connectivity index (χ1) is 12.8. The van der Waals surface area contributed by atoms with E-state index in [9.17, 15) is 5.11 Å². The van der Waals surface area contributed by atoms with Gasteiger partial charge < -0.3 is 15.2 Å². The second-order valence-electron chi connectivity index (χ2n) is 7.47. The number of aliphatic hydroxyl groups is 1. The summed E-state index contributed by atoms with van der Waals surface area (Å²) in [6.45, 7) is 5.19. The Balaban J connectivity index is 1.33. The molecule has 2 atom stereocenters. The minimum absolute atomic E-state index is 0.0102. The van der Waals surface area contributed by atoms with Gasteiger partial charge in [0, 0.05) is 62.1 Å². The van der Waals surface area contributed by atoms with Gasteiger partial charge in [0.05, 0.1) is 13.2 Å². The average Bonchev–Trinajstić information content (AvgIpc) is 3.07. The summed E-state index contributed by atoms with van der Waals surface area (Å²) in [6, 6.07) is 10.2. The van der Waals surface area contributed by atoms with Crippen LogP contribution in [-0.2, 0) is 17.8 Å². The van der Waals surface area contributed by atoms with Crippen molar-refractivity contribution >= 4 is 5.95 Å². The monoisotopic (exact) mass is 354 g/mol. The molecule has 2 N–H and O–H groups in total. The second-order valence-corrected chi connectivity index (χ2v) is 7.47. The normalized spacial score (nSPS) is 25.8. The van der Waals surface area contributed by atoms with Crippen LogP contribution in [0.3, 0.4) is 0 Å². The molecule has 0 aliphatic carbocycles. The molecule has 2 saturated heterocycles. The Bertz CT molecular complexity index is 710. The number of likely N-dealkylation sites (tertiary alicyclic amines) is 1. The van der Waals surface area contributed by atoms with Crippen LogP contribution in [0.4, 0.5) is 5.95 Å². The molecule has 4 rings (SSSR count). The van der Waals surface area contributed by atoms with Gasteiger partial charge in [0.25, 0.3) is 0 Å². The number of hydrogen-bond donors (Lipinski definition) is 2. The van der Waals surface area contributed by atoms with E-state index in [1.165, 1.54) is 5.56 Å². The minimum Gasteiger partial charge on any atom is -0.396 e. The van der Waals surface area contributed by atoms with Crippen LogP contribution in [0.5, 0.6) is 0 Å². The summed E-state index contributed by atoms with van der Waals surface area (Å²) in [7, 11) is 0. The summed E-state index contributed by atoms with van der Waals surface area (Å²) in [6.07, 6.45) is 4.73. The first kappa shape index (κ1) is 17.4. The molecule has 2 aliphatic rings. The van der Waals surface area contributed by atoms with Gasteiger partial charge in [0.15, 0.2) is 0 Å². The third-order valence-electron chi connectivity index (χ3n) is 5.67. The molecule has 0 amide bonds. The summed E-state index contributed by atoms with van der Waals surface area (Å²) in [4.78, 5) is 11.3. The molecule has 0 radical (unpaired) electrons. The van der Waals surface area contributed by atoms with Gasteiger partial charge >= 0.3 is 0 Å². The molecular weight excluding hydrogens is 328 g/mol. The van der Waals surface area contributed by atoms with Crippen molar-refractivity contribution in [1.29, 1.82) is 0 Å². The summed E-state index contributed by atoms with van der Waals surface area (Å²) in [5.74, 6) is 1.07. The van der Waals surface area contributed by atoms with Crippen LogP contribution in [0.15, 0.2) is 42.7 Å². The third-order valence-corrected chi connectivity index (χ3v) is 5.67. The largest absolute Gasteiger partial charge is 0.396 e. The van der Waals surface area contributed by atoms with Crippen LogP contribution in [0.2, 0.25) is 0 Å². The number of rotatable bonds is 6. The van der Waals surface area contributed by atoms with E-state index in [0.29, 0.717) is 18.4 Å². The van der Waals surface area contributed by atoms with Gasteiger partial charge in [-0.2, -0.15) is 0 Å². The Morgan fingerprint density at radius 3 is 2.73 bits per heavy atom. The van der Waals surface area contributed by atoms with Crippen molar-refractivity contribution in [1.82, 2.24) is 14.9 Å².